The monoisotopic (exact) mass is 236 g/mol. The third kappa shape index (κ3) is 2.71. The van der Waals surface area contributed by atoms with Gasteiger partial charge in [-0.2, -0.15) is 0 Å². The Kier molecular flexibility index (Phi) is 3.74. The first kappa shape index (κ1) is 11.4. The largest absolute Gasteiger partial charge is 0.380 e. The first-order valence-corrected chi connectivity index (χ1v) is 5.84. The summed E-state index contributed by atoms with van der Waals surface area (Å²) in [4.78, 5) is 2.15. The van der Waals surface area contributed by atoms with Gasteiger partial charge in [-0.05, 0) is 30.8 Å². The maximum atomic E-state index is 5.36. The van der Waals surface area contributed by atoms with Crippen LogP contribution in [0.3, 0.4) is 0 Å². The lowest BCUT2D eigenvalue weighted by atomic mass is 10.3. The summed E-state index contributed by atoms with van der Waals surface area (Å²) in [6.45, 7) is 1.85. The molecule has 1 aromatic carbocycles. The van der Waals surface area contributed by atoms with Crippen molar-refractivity contribution in [3.05, 3.63) is 30.3 Å². The predicted molar refractivity (Wildman–Crippen MR) is 69.6 cm³/mol. The molecule has 0 amide bonds. The van der Waals surface area contributed by atoms with E-state index in [9.17, 15) is 0 Å². The van der Waals surface area contributed by atoms with E-state index in [-0.39, 0.29) is 0 Å². The van der Waals surface area contributed by atoms with E-state index in [1.165, 1.54) is 0 Å². The molecular weight excluding hydrogens is 220 g/mol. The van der Waals surface area contributed by atoms with Gasteiger partial charge < -0.3 is 15.0 Å². The van der Waals surface area contributed by atoms with Crippen LogP contribution in [0.15, 0.2) is 30.3 Å². The average molecular weight is 236 g/mol. The van der Waals surface area contributed by atoms with E-state index in [0.717, 1.165) is 30.3 Å². The van der Waals surface area contributed by atoms with Crippen LogP contribution in [0.5, 0.6) is 0 Å². The number of likely N-dealkylation sites (tertiary alicyclic amines) is 1. The fourth-order valence-corrected chi connectivity index (χ4v) is 2.11. The molecule has 0 aliphatic carbocycles. The molecule has 1 heterocycles. The SMILES string of the molecule is COC1CCN(C(=S)Nc2ccccc2)C1. The Balaban J connectivity index is 1.90. The fraction of sp³-hybridized carbons (Fsp3) is 0.417. The minimum atomic E-state index is 0.315. The van der Waals surface area contributed by atoms with Crippen molar-refractivity contribution in [2.45, 2.75) is 12.5 Å². The van der Waals surface area contributed by atoms with E-state index in [1.54, 1.807) is 7.11 Å². The average Bonchev–Trinajstić information content (AvgIpc) is 2.79. The topological polar surface area (TPSA) is 24.5 Å². The van der Waals surface area contributed by atoms with Crippen LogP contribution in [0.25, 0.3) is 0 Å². The molecule has 1 N–H and O–H groups in total. The van der Waals surface area contributed by atoms with Gasteiger partial charge in [-0.3, -0.25) is 0 Å². The summed E-state index contributed by atoms with van der Waals surface area (Å²) < 4.78 is 5.31. The van der Waals surface area contributed by atoms with E-state index >= 15 is 0 Å². The normalized spacial score (nSPS) is 19.8. The van der Waals surface area contributed by atoms with Crippen LogP contribution in [0, 0.1) is 0 Å². The predicted octanol–water partition coefficient (Wildman–Crippen LogP) is 2.10. The highest BCUT2D eigenvalue weighted by atomic mass is 32.1. The number of anilines is 1. The number of hydrogen-bond acceptors (Lipinski definition) is 2. The van der Waals surface area contributed by atoms with Gasteiger partial charge in [0.05, 0.1) is 6.10 Å². The number of methoxy groups -OCH3 is 1. The lowest BCUT2D eigenvalue weighted by Crippen LogP contribution is -2.33. The summed E-state index contributed by atoms with van der Waals surface area (Å²) >= 11 is 5.36. The Labute approximate surface area is 101 Å². The minimum Gasteiger partial charge on any atom is -0.380 e. The number of ether oxygens (including phenoxy) is 1. The van der Waals surface area contributed by atoms with E-state index in [1.807, 2.05) is 30.3 Å². The van der Waals surface area contributed by atoms with E-state index in [4.69, 9.17) is 17.0 Å². The van der Waals surface area contributed by atoms with Gasteiger partial charge in [-0.1, -0.05) is 18.2 Å². The smallest absolute Gasteiger partial charge is 0.173 e. The molecule has 1 saturated heterocycles. The van der Waals surface area contributed by atoms with Crippen molar-refractivity contribution in [1.82, 2.24) is 4.90 Å². The number of para-hydroxylation sites is 1. The molecule has 0 spiro atoms. The summed E-state index contributed by atoms with van der Waals surface area (Å²) in [5, 5.41) is 4.01. The molecule has 0 aromatic heterocycles. The lowest BCUT2D eigenvalue weighted by molar-refractivity contribution is 0.114. The number of rotatable bonds is 2. The van der Waals surface area contributed by atoms with Crippen molar-refractivity contribution in [2.75, 3.05) is 25.5 Å². The Morgan fingerprint density at radius 2 is 2.19 bits per heavy atom. The molecule has 1 aliphatic rings. The van der Waals surface area contributed by atoms with Gasteiger partial charge in [0.1, 0.15) is 0 Å². The standard InChI is InChI=1S/C12H16N2OS/c1-15-11-7-8-14(9-11)12(16)13-10-5-3-2-4-6-10/h2-6,11H,7-9H2,1H3,(H,13,16). The second-order valence-electron chi connectivity index (χ2n) is 3.89. The van der Waals surface area contributed by atoms with Gasteiger partial charge in [0, 0.05) is 25.9 Å². The number of nitrogens with one attached hydrogen (secondary N) is 1. The molecule has 0 radical (unpaired) electrons. The third-order valence-corrected chi connectivity index (χ3v) is 3.15. The van der Waals surface area contributed by atoms with Crippen molar-refractivity contribution in [2.24, 2.45) is 0 Å². The van der Waals surface area contributed by atoms with Crippen molar-refractivity contribution in [3.63, 3.8) is 0 Å². The first-order valence-electron chi connectivity index (χ1n) is 5.43. The van der Waals surface area contributed by atoms with Gasteiger partial charge in [0.15, 0.2) is 5.11 Å². The molecule has 1 aliphatic heterocycles. The van der Waals surface area contributed by atoms with Crippen LogP contribution in [0.2, 0.25) is 0 Å². The minimum absolute atomic E-state index is 0.315. The highest BCUT2D eigenvalue weighted by molar-refractivity contribution is 7.80. The molecule has 1 unspecified atom stereocenters. The third-order valence-electron chi connectivity index (χ3n) is 2.79. The molecule has 2 rings (SSSR count). The van der Waals surface area contributed by atoms with Gasteiger partial charge in [-0.25, -0.2) is 0 Å². The Morgan fingerprint density at radius 3 is 2.81 bits per heavy atom. The van der Waals surface area contributed by atoms with Crippen LogP contribution in [0.4, 0.5) is 5.69 Å². The maximum Gasteiger partial charge on any atom is 0.173 e. The van der Waals surface area contributed by atoms with Crippen LogP contribution in [-0.2, 0) is 4.74 Å². The van der Waals surface area contributed by atoms with Crippen molar-refractivity contribution in [1.29, 1.82) is 0 Å². The van der Waals surface area contributed by atoms with Crippen LogP contribution in [-0.4, -0.2) is 36.3 Å². The number of hydrogen-bond donors (Lipinski definition) is 1. The summed E-state index contributed by atoms with van der Waals surface area (Å²) in [6.07, 6.45) is 1.36. The molecule has 0 bridgehead atoms. The lowest BCUT2D eigenvalue weighted by Gasteiger charge is -2.20. The maximum absolute atomic E-state index is 5.36. The van der Waals surface area contributed by atoms with Crippen molar-refractivity contribution < 1.29 is 4.74 Å². The van der Waals surface area contributed by atoms with Gasteiger partial charge in [-0.15, -0.1) is 0 Å². The number of benzene rings is 1. The number of thiocarbonyl (C=S) groups is 1. The molecule has 1 aromatic rings. The summed E-state index contributed by atoms with van der Waals surface area (Å²) in [7, 11) is 1.75. The van der Waals surface area contributed by atoms with Gasteiger partial charge >= 0.3 is 0 Å². The first-order chi connectivity index (χ1) is 7.79. The molecule has 0 saturated carbocycles. The van der Waals surface area contributed by atoms with E-state index in [0.29, 0.717) is 6.10 Å². The Bertz CT molecular complexity index is 355. The van der Waals surface area contributed by atoms with E-state index < -0.39 is 0 Å². The highest BCUT2D eigenvalue weighted by Gasteiger charge is 2.23. The second kappa shape index (κ2) is 5.27. The molecule has 1 fully saturated rings. The zero-order valence-electron chi connectivity index (χ0n) is 9.35. The van der Waals surface area contributed by atoms with Crippen LogP contribution >= 0.6 is 12.2 Å². The van der Waals surface area contributed by atoms with Crippen molar-refractivity contribution in [3.8, 4) is 0 Å². The number of nitrogens with zero attached hydrogens (tertiary/aromatic N) is 1. The molecular formula is C12H16N2OS. The second-order valence-corrected chi connectivity index (χ2v) is 4.28. The Hall–Kier alpha value is -1.13. The molecule has 1 atom stereocenters. The molecule has 4 heteroatoms. The van der Waals surface area contributed by atoms with E-state index in [2.05, 4.69) is 10.2 Å². The highest BCUT2D eigenvalue weighted by Crippen LogP contribution is 2.14. The molecule has 3 nitrogen and oxygen atoms in total. The van der Waals surface area contributed by atoms with Gasteiger partial charge in [0.25, 0.3) is 0 Å². The quantitative estimate of drug-likeness (QED) is 0.795. The fourth-order valence-electron chi connectivity index (χ4n) is 1.83. The van der Waals surface area contributed by atoms with Crippen LogP contribution < -0.4 is 5.32 Å². The molecule has 16 heavy (non-hydrogen) atoms. The zero-order chi connectivity index (χ0) is 11.4. The van der Waals surface area contributed by atoms with Gasteiger partial charge in [0.2, 0.25) is 0 Å². The molecule has 86 valence electrons. The summed E-state index contributed by atoms with van der Waals surface area (Å²) in [5.41, 5.74) is 1.04. The Morgan fingerprint density at radius 1 is 1.44 bits per heavy atom. The van der Waals surface area contributed by atoms with Crippen LogP contribution in [0.1, 0.15) is 6.42 Å². The van der Waals surface area contributed by atoms with Crippen molar-refractivity contribution >= 4 is 23.0 Å². The summed E-state index contributed by atoms with van der Waals surface area (Å²) in [5.74, 6) is 0. The zero-order valence-corrected chi connectivity index (χ0v) is 10.2. The summed E-state index contributed by atoms with van der Waals surface area (Å²) in [6, 6.07) is 10.00.